The highest BCUT2D eigenvalue weighted by Gasteiger charge is 2.61. The average molecular weight is 350 g/mol. The van der Waals surface area contributed by atoms with Crippen molar-refractivity contribution in [3.8, 4) is 0 Å². The third-order valence-electron chi connectivity index (χ3n) is 4.76. The molecule has 7 heteroatoms. The zero-order valence-electron chi connectivity index (χ0n) is 15.0. The topological polar surface area (TPSA) is 99.4 Å². The number of rotatable bonds is 6. The lowest BCUT2D eigenvalue weighted by Crippen LogP contribution is -2.61. The number of hydrogen-bond acceptors (Lipinski definition) is 6. The fourth-order valence-corrected chi connectivity index (χ4v) is 2.87. The van der Waals surface area contributed by atoms with Crippen LogP contribution >= 0.6 is 0 Å². The van der Waals surface area contributed by atoms with E-state index < -0.39 is 44.7 Å². The minimum atomic E-state index is -1.57. The molecule has 0 unspecified atom stereocenters. The highest BCUT2D eigenvalue weighted by molar-refractivity contribution is 6.52. The van der Waals surface area contributed by atoms with Crippen LogP contribution in [0.4, 0.5) is 0 Å². The molecule has 25 heavy (non-hydrogen) atoms. The molecule has 0 spiro atoms. The van der Waals surface area contributed by atoms with E-state index >= 15 is 0 Å². The number of benzene rings is 1. The Kier molecular flexibility index (Phi) is 6.09. The Morgan fingerprint density at radius 3 is 1.68 bits per heavy atom. The van der Waals surface area contributed by atoms with E-state index in [1.54, 1.807) is 12.1 Å². The van der Waals surface area contributed by atoms with Gasteiger partial charge in [0.1, 0.15) is 11.2 Å². The van der Waals surface area contributed by atoms with Crippen molar-refractivity contribution in [1.82, 2.24) is 0 Å². The normalized spacial score (nSPS) is 19.7. The molecule has 0 aromatic heterocycles. The second kappa shape index (κ2) is 7.57. The van der Waals surface area contributed by atoms with Crippen LogP contribution in [0.15, 0.2) is 30.2 Å². The lowest BCUT2D eigenvalue weighted by atomic mass is 9.85. The van der Waals surface area contributed by atoms with Crippen molar-refractivity contribution in [2.45, 2.75) is 37.4 Å². The first-order chi connectivity index (χ1) is 11.8. The van der Waals surface area contributed by atoms with Gasteiger partial charge >= 0.3 is 7.12 Å². The van der Waals surface area contributed by atoms with E-state index in [4.69, 9.17) is 9.31 Å². The fourth-order valence-electron chi connectivity index (χ4n) is 2.87. The van der Waals surface area contributed by atoms with E-state index in [1.165, 1.54) is 5.56 Å². The van der Waals surface area contributed by atoms with Gasteiger partial charge in [0.05, 0.1) is 26.4 Å². The van der Waals surface area contributed by atoms with E-state index in [0.717, 1.165) is 5.56 Å². The molecule has 0 atom stereocenters. The predicted octanol–water partition coefficient (Wildman–Crippen LogP) is 0.518. The Morgan fingerprint density at radius 2 is 1.32 bits per heavy atom. The van der Waals surface area contributed by atoms with Gasteiger partial charge in [-0.3, -0.25) is 0 Å². The highest BCUT2D eigenvalue weighted by Crippen LogP contribution is 2.37. The van der Waals surface area contributed by atoms with Crippen molar-refractivity contribution in [2.75, 3.05) is 26.4 Å². The molecule has 0 amide bonds. The van der Waals surface area contributed by atoms with Gasteiger partial charge in [-0.05, 0) is 16.5 Å². The van der Waals surface area contributed by atoms with Crippen LogP contribution in [0, 0.1) is 0 Å². The summed E-state index contributed by atoms with van der Waals surface area (Å²) >= 11 is 0. The molecule has 0 saturated carbocycles. The maximum absolute atomic E-state index is 9.61. The molecule has 0 bridgehead atoms. The molecule has 4 N–H and O–H groups in total. The standard InChI is InChI=1S/C18H27BO6/c1-16(2,3)15-6-4-14(5-7-15)8-9-19-24-17(10-20,11-21)18(12-22,13-23)25-19/h4-9,20-23H,10-13H2,1-3H3. The summed E-state index contributed by atoms with van der Waals surface area (Å²) in [6.07, 6.45) is 1.79. The molecule has 1 aliphatic heterocycles. The van der Waals surface area contributed by atoms with Crippen LogP contribution in [0.1, 0.15) is 31.9 Å². The van der Waals surface area contributed by atoms with Gasteiger partial charge in [0.25, 0.3) is 0 Å². The summed E-state index contributed by atoms with van der Waals surface area (Å²) in [6, 6.07) is 8.05. The van der Waals surface area contributed by atoms with Crippen molar-refractivity contribution in [3.63, 3.8) is 0 Å². The maximum Gasteiger partial charge on any atom is 0.487 e. The molecule has 1 heterocycles. The van der Waals surface area contributed by atoms with E-state index in [9.17, 15) is 20.4 Å². The lowest BCUT2D eigenvalue weighted by Gasteiger charge is -2.39. The van der Waals surface area contributed by atoms with Gasteiger partial charge in [-0.1, -0.05) is 57.1 Å². The molecule has 1 aliphatic rings. The van der Waals surface area contributed by atoms with E-state index in [-0.39, 0.29) is 5.41 Å². The Hall–Kier alpha value is -1.22. The molecular formula is C18H27BO6. The van der Waals surface area contributed by atoms with Gasteiger partial charge in [-0.2, -0.15) is 0 Å². The SMILES string of the molecule is CC(C)(C)c1ccc(C=CB2OC(CO)(CO)C(CO)(CO)O2)cc1. The Bertz CT molecular complexity index is 565. The van der Waals surface area contributed by atoms with Gasteiger partial charge in [-0.25, -0.2) is 0 Å². The molecule has 2 rings (SSSR count). The van der Waals surface area contributed by atoms with Gasteiger partial charge in [0.15, 0.2) is 0 Å². The summed E-state index contributed by atoms with van der Waals surface area (Å²) in [7, 11) is -0.902. The largest absolute Gasteiger partial charge is 0.487 e. The van der Waals surface area contributed by atoms with Crippen molar-refractivity contribution in [3.05, 3.63) is 41.4 Å². The van der Waals surface area contributed by atoms with Crippen LogP contribution in [-0.4, -0.2) is 65.2 Å². The Balaban J connectivity index is 2.17. The predicted molar refractivity (Wildman–Crippen MR) is 95.9 cm³/mol. The zero-order valence-corrected chi connectivity index (χ0v) is 15.0. The first-order valence-electron chi connectivity index (χ1n) is 8.34. The fraction of sp³-hybridized carbons (Fsp3) is 0.556. The Labute approximate surface area is 148 Å². The monoisotopic (exact) mass is 350 g/mol. The van der Waals surface area contributed by atoms with Crippen molar-refractivity contribution >= 4 is 13.2 Å². The average Bonchev–Trinajstić information content (AvgIpc) is 2.94. The maximum atomic E-state index is 9.61. The van der Waals surface area contributed by atoms with Crippen LogP contribution in [0.5, 0.6) is 0 Å². The van der Waals surface area contributed by atoms with Gasteiger partial charge in [0.2, 0.25) is 0 Å². The lowest BCUT2D eigenvalue weighted by molar-refractivity contribution is -0.147. The van der Waals surface area contributed by atoms with Crippen molar-refractivity contribution in [1.29, 1.82) is 0 Å². The number of aliphatic hydroxyl groups is 4. The molecule has 1 saturated heterocycles. The highest BCUT2D eigenvalue weighted by atomic mass is 16.7. The zero-order chi connectivity index (χ0) is 18.7. The van der Waals surface area contributed by atoms with Crippen LogP contribution in [0.25, 0.3) is 6.08 Å². The van der Waals surface area contributed by atoms with Gasteiger partial charge < -0.3 is 29.7 Å². The van der Waals surface area contributed by atoms with Gasteiger partial charge in [0, 0.05) is 0 Å². The first kappa shape index (κ1) is 20.1. The van der Waals surface area contributed by atoms with Crippen LogP contribution in [-0.2, 0) is 14.7 Å². The number of aliphatic hydroxyl groups excluding tert-OH is 4. The summed E-state index contributed by atoms with van der Waals surface area (Å²) in [6.45, 7) is 4.08. The van der Waals surface area contributed by atoms with Crippen molar-refractivity contribution in [2.24, 2.45) is 0 Å². The third kappa shape index (κ3) is 3.82. The minimum Gasteiger partial charge on any atom is -0.394 e. The first-order valence-corrected chi connectivity index (χ1v) is 8.34. The van der Waals surface area contributed by atoms with E-state index in [0.29, 0.717) is 0 Å². The van der Waals surface area contributed by atoms with Crippen molar-refractivity contribution < 1.29 is 29.7 Å². The smallest absolute Gasteiger partial charge is 0.394 e. The summed E-state index contributed by atoms with van der Waals surface area (Å²) in [5.41, 5.74) is -0.909. The molecule has 1 aromatic carbocycles. The summed E-state index contributed by atoms with van der Waals surface area (Å²) in [5.74, 6) is 1.62. The van der Waals surface area contributed by atoms with E-state index in [2.05, 4.69) is 20.8 Å². The molecule has 6 nitrogen and oxygen atoms in total. The summed E-state index contributed by atoms with van der Waals surface area (Å²) in [4.78, 5) is 0. The summed E-state index contributed by atoms with van der Waals surface area (Å²) < 4.78 is 11.2. The summed E-state index contributed by atoms with van der Waals surface area (Å²) in [5, 5.41) is 38.5. The van der Waals surface area contributed by atoms with Crippen LogP contribution < -0.4 is 0 Å². The quantitative estimate of drug-likeness (QED) is 0.559. The molecule has 1 fully saturated rings. The number of hydrogen-bond donors (Lipinski definition) is 4. The molecule has 0 radical (unpaired) electrons. The molecule has 1 aromatic rings. The molecular weight excluding hydrogens is 323 g/mol. The van der Waals surface area contributed by atoms with Gasteiger partial charge in [-0.15, -0.1) is 0 Å². The second-order valence-electron chi connectivity index (χ2n) is 7.46. The van der Waals surface area contributed by atoms with Crippen LogP contribution in [0.2, 0.25) is 0 Å². The third-order valence-corrected chi connectivity index (χ3v) is 4.76. The molecule has 138 valence electrons. The van der Waals surface area contributed by atoms with Crippen LogP contribution in [0.3, 0.4) is 0 Å². The molecule has 0 aliphatic carbocycles. The second-order valence-corrected chi connectivity index (χ2v) is 7.46. The Morgan fingerprint density at radius 1 is 0.880 bits per heavy atom. The minimum absolute atomic E-state index is 0.0730. The van der Waals surface area contributed by atoms with E-state index in [1.807, 2.05) is 24.3 Å².